The van der Waals surface area contributed by atoms with Gasteiger partial charge in [0.25, 0.3) is 0 Å². The molecule has 0 saturated heterocycles. The van der Waals surface area contributed by atoms with E-state index in [9.17, 15) is 4.39 Å². The van der Waals surface area contributed by atoms with Crippen molar-refractivity contribution in [2.75, 3.05) is 0 Å². The molecule has 0 heterocycles. The fourth-order valence-electron chi connectivity index (χ4n) is 1.84. The van der Waals surface area contributed by atoms with Crippen LogP contribution in [0, 0.1) is 0 Å². The molecule has 1 fully saturated rings. The second-order valence-corrected chi connectivity index (χ2v) is 4.83. The normalized spacial score (nSPS) is 19.9. The van der Waals surface area contributed by atoms with Crippen LogP contribution in [-0.2, 0) is 12.8 Å². The standard InChI is InChI=1S/C13H18FN/c1-10(15)8-11-2-4-12(5-3-11)9-13(14)6-7-13/h2-5,10H,6-9,15H2,1H3. The maximum Gasteiger partial charge on any atom is 0.115 e. The van der Waals surface area contributed by atoms with Crippen LogP contribution in [0.3, 0.4) is 0 Å². The van der Waals surface area contributed by atoms with Crippen molar-refractivity contribution in [3.8, 4) is 0 Å². The van der Waals surface area contributed by atoms with Crippen molar-refractivity contribution in [1.82, 2.24) is 0 Å². The first kappa shape index (κ1) is 10.6. The molecule has 0 amide bonds. The highest BCUT2D eigenvalue weighted by atomic mass is 19.1. The third-order valence-corrected chi connectivity index (χ3v) is 2.89. The first-order valence-corrected chi connectivity index (χ1v) is 5.60. The Balaban J connectivity index is 1.97. The SMILES string of the molecule is CC(N)Cc1ccc(CC2(F)CC2)cc1. The van der Waals surface area contributed by atoms with Crippen LogP contribution in [0.5, 0.6) is 0 Å². The maximum atomic E-state index is 13.5. The highest BCUT2D eigenvalue weighted by Crippen LogP contribution is 2.42. The molecule has 0 aromatic heterocycles. The minimum atomic E-state index is -0.886. The van der Waals surface area contributed by atoms with E-state index in [0.717, 1.165) is 24.8 Å². The van der Waals surface area contributed by atoms with E-state index < -0.39 is 5.67 Å². The zero-order valence-corrected chi connectivity index (χ0v) is 9.17. The highest BCUT2D eigenvalue weighted by molar-refractivity contribution is 5.25. The zero-order valence-electron chi connectivity index (χ0n) is 9.17. The van der Waals surface area contributed by atoms with Crippen molar-refractivity contribution in [2.24, 2.45) is 5.73 Å². The van der Waals surface area contributed by atoms with Gasteiger partial charge in [-0.3, -0.25) is 0 Å². The average Bonchev–Trinajstić information content (AvgIpc) is 2.86. The number of halogens is 1. The summed E-state index contributed by atoms with van der Waals surface area (Å²) < 4.78 is 13.5. The minimum Gasteiger partial charge on any atom is -0.328 e. The Morgan fingerprint density at radius 2 is 1.80 bits per heavy atom. The van der Waals surface area contributed by atoms with Crippen LogP contribution in [0.4, 0.5) is 4.39 Å². The molecule has 1 aliphatic carbocycles. The number of rotatable bonds is 4. The van der Waals surface area contributed by atoms with Gasteiger partial charge in [-0.1, -0.05) is 24.3 Å². The molecule has 1 unspecified atom stereocenters. The number of hydrogen-bond donors (Lipinski definition) is 1. The average molecular weight is 207 g/mol. The van der Waals surface area contributed by atoms with Crippen LogP contribution in [0.2, 0.25) is 0 Å². The third kappa shape index (κ3) is 3.03. The summed E-state index contributed by atoms with van der Waals surface area (Å²) in [7, 11) is 0. The summed E-state index contributed by atoms with van der Waals surface area (Å²) in [6, 6.07) is 8.36. The van der Waals surface area contributed by atoms with E-state index in [-0.39, 0.29) is 6.04 Å². The lowest BCUT2D eigenvalue weighted by molar-refractivity contribution is 0.308. The van der Waals surface area contributed by atoms with Gasteiger partial charge in [0, 0.05) is 12.5 Å². The van der Waals surface area contributed by atoms with Crippen molar-refractivity contribution < 1.29 is 4.39 Å². The van der Waals surface area contributed by atoms with Crippen molar-refractivity contribution in [3.05, 3.63) is 35.4 Å². The van der Waals surface area contributed by atoms with E-state index in [2.05, 4.69) is 12.1 Å². The van der Waals surface area contributed by atoms with Crippen LogP contribution in [0.15, 0.2) is 24.3 Å². The first-order chi connectivity index (χ1) is 7.07. The summed E-state index contributed by atoms with van der Waals surface area (Å²) in [4.78, 5) is 0. The second-order valence-electron chi connectivity index (χ2n) is 4.83. The molecule has 0 bridgehead atoms. The summed E-state index contributed by atoms with van der Waals surface area (Å²) in [6.45, 7) is 1.99. The molecule has 82 valence electrons. The Kier molecular flexibility index (Phi) is 2.79. The molecule has 1 aromatic rings. The van der Waals surface area contributed by atoms with Crippen LogP contribution in [-0.4, -0.2) is 11.7 Å². The van der Waals surface area contributed by atoms with E-state index in [0.29, 0.717) is 6.42 Å². The largest absolute Gasteiger partial charge is 0.328 e. The quantitative estimate of drug-likeness (QED) is 0.807. The van der Waals surface area contributed by atoms with Crippen LogP contribution in [0.1, 0.15) is 30.9 Å². The van der Waals surface area contributed by atoms with E-state index in [4.69, 9.17) is 5.73 Å². The van der Waals surface area contributed by atoms with Gasteiger partial charge >= 0.3 is 0 Å². The smallest absolute Gasteiger partial charge is 0.115 e. The summed E-state index contributed by atoms with van der Waals surface area (Å²) >= 11 is 0. The third-order valence-electron chi connectivity index (χ3n) is 2.89. The molecule has 15 heavy (non-hydrogen) atoms. The van der Waals surface area contributed by atoms with Crippen molar-refractivity contribution in [3.63, 3.8) is 0 Å². The van der Waals surface area contributed by atoms with E-state index in [1.54, 1.807) is 0 Å². The lowest BCUT2D eigenvalue weighted by atomic mass is 10.0. The molecule has 1 aliphatic rings. The highest BCUT2D eigenvalue weighted by Gasteiger charge is 2.42. The fourth-order valence-corrected chi connectivity index (χ4v) is 1.84. The molecule has 2 N–H and O–H groups in total. The van der Waals surface area contributed by atoms with Gasteiger partial charge in [0.2, 0.25) is 0 Å². The Labute approximate surface area is 90.5 Å². The van der Waals surface area contributed by atoms with Gasteiger partial charge in [0.1, 0.15) is 5.67 Å². The van der Waals surface area contributed by atoms with Gasteiger partial charge in [-0.15, -0.1) is 0 Å². The van der Waals surface area contributed by atoms with Gasteiger partial charge in [-0.25, -0.2) is 4.39 Å². The van der Waals surface area contributed by atoms with Gasteiger partial charge in [0.05, 0.1) is 0 Å². The van der Waals surface area contributed by atoms with Crippen LogP contribution < -0.4 is 5.73 Å². The molecule has 0 radical (unpaired) electrons. The Hall–Kier alpha value is -0.890. The van der Waals surface area contributed by atoms with Gasteiger partial charge in [-0.2, -0.15) is 0 Å². The number of benzene rings is 1. The fraction of sp³-hybridized carbons (Fsp3) is 0.538. The molecular weight excluding hydrogens is 189 g/mol. The molecule has 1 atom stereocenters. The number of hydrogen-bond acceptors (Lipinski definition) is 1. The van der Waals surface area contributed by atoms with Crippen molar-refractivity contribution in [2.45, 2.75) is 44.3 Å². The van der Waals surface area contributed by atoms with Gasteiger partial charge < -0.3 is 5.73 Å². The van der Waals surface area contributed by atoms with E-state index in [1.165, 1.54) is 5.56 Å². The Morgan fingerprint density at radius 3 is 2.27 bits per heavy atom. The second kappa shape index (κ2) is 3.93. The number of alkyl halides is 1. The molecule has 0 aliphatic heterocycles. The first-order valence-electron chi connectivity index (χ1n) is 5.60. The molecule has 0 spiro atoms. The predicted molar refractivity (Wildman–Crippen MR) is 60.6 cm³/mol. The van der Waals surface area contributed by atoms with Crippen LogP contribution >= 0.6 is 0 Å². The summed E-state index contributed by atoms with van der Waals surface area (Å²) in [6.07, 6.45) is 2.93. The predicted octanol–water partition coefficient (Wildman–Crippen LogP) is 2.62. The van der Waals surface area contributed by atoms with Crippen molar-refractivity contribution in [1.29, 1.82) is 0 Å². The molecule has 1 nitrogen and oxygen atoms in total. The molecule has 2 rings (SSSR count). The lowest BCUT2D eigenvalue weighted by Crippen LogP contribution is -2.17. The van der Waals surface area contributed by atoms with Gasteiger partial charge in [-0.05, 0) is 37.3 Å². The monoisotopic (exact) mass is 207 g/mol. The summed E-state index contributed by atoms with van der Waals surface area (Å²) in [5.74, 6) is 0. The molecule has 1 saturated carbocycles. The minimum absolute atomic E-state index is 0.187. The van der Waals surface area contributed by atoms with E-state index >= 15 is 0 Å². The summed E-state index contributed by atoms with van der Waals surface area (Å²) in [5.41, 5.74) is 7.16. The lowest BCUT2D eigenvalue weighted by Gasteiger charge is -2.08. The molecule has 1 aromatic carbocycles. The zero-order chi connectivity index (χ0) is 10.9. The van der Waals surface area contributed by atoms with Gasteiger partial charge in [0.15, 0.2) is 0 Å². The van der Waals surface area contributed by atoms with Crippen molar-refractivity contribution >= 4 is 0 Å². The van der Waals surface area contributed by atoms with Crippen LogP contribution in [0.25, 0.3) is 0 Å². The molecular formula is C13H18FN. The Morgan fingerprint density at radius 1 is 1.27 bits per heavy atom. The topological polar surface area (TPSA) is 26.0 Å². The summed E-state index contributed by atoms with van der Waals surface area (Å²) in [5, 5.41) is 0. The number of nitrogens with two attached hydrogens (primary N) is 1. The molecule has 2 heteroatoms. The van der Waals surface area contributed by atoms with E-state index in [1.807, 2.05) is 19.1 Å². The maximum absolute atomic E-state index is 13.5. The Bertz CT molecular complexity index is 325.